The van der Waals surface area contributed by atoms with Crippen LogP contribution in [0.5, 0.6) is 0 Å². The summed E-state index contributed by atoms with van der Waals surface area (Å²) in [6, 6.07) is 7.65. The predicted molar refractivity (Wildman–Crippen MR) is 98.2 cm³/mol. The number of nitrogens with one attached hydrogen (secondary N) is 1. The third-order valence-corrected chi connectivity index (χ3v) is 5.24. The molecule has 2 aliphatic heterocycles. The SMILES string of the molecule is CCCCCCN1C(=O)C(=C2SC(=S)NC2=O)c2ccccc21. The minimum absolute atomic E-state index is 0.0925. The van der Waals surface area contributed by atoms with E-state index in [1.54, 1.807) is 4.90 Å². The van der Waals surface area contributed by atoms with Crippen molar-refractivity contribution in [1.29, 1.82) is 0 Å². The van der Waals surface area contributed by atoms with Gasteiger partial charge < -0.3 is 10.2 Å². The molecule has 23 heavy (non-hydrogen) atoms. The molecule has 1 aromatic rings. The number of hydrogen-bond acceptors (Lipinski definition) is 4. The Bertz CT molecular complexity index is 712. The number of para-hydroxylation sites is 1. The molecule has 0 spiro atoms. The molecule has 0 bridgehead atoms. The van der Waals surface area contributed by atoms with Gasteiger partial charge in [-0.25, -0.2) is 0 Å². The fourth-order valence-corrected chi connectivity index (χ4v) is 4.01. The van der Waals surface area contributed by atoms with Gasteiger partial charge in [0.2, 0.25) is 0 Å². The first kappa shape index (κ1) is 16.2. The summed E-state index contributed by atoms with van der Waals surface area (Å²) >= 11 is 6.22. The Morgan fingerprint density at radius 3 is 2.65 bits per heavy atom. The second kappa shape index (κ2) is 6.84. The van der Waals surface area contributed by atoms with Gasteiger partial charge in [-0.3, -0.25) is 9.59 Å². The highest BCUT2D eigenvalue weighted by Gasteiger charge is 2.38. The Morgan fingerprint density at radius 1 is 1.17 bits per heavy atom. The first-order valence-electron chi connectivity index (χ1n) is 7.82. The van der Waals surface area contributed by atoms with Crippen LogP contribution in [0.25, 0.3) is 5.57 Å². The average Bonchev–Trinajstić information content (AvgIpc) is 3.00. The molecule has 1 fully saturated rings. The molecule has 0 radical (unpaired) electrons. The molecule has 120 valence electrons. The van der Waals surface area contributed by atoms with Crippen LogP contribution in [-0.2, 0) is 9.59 Å². The van der Waals surface area contributed by atoms with Crippen molar-refractivity contribution in [3.63, 3.8) is 0 Å². The Hall–Kier alpha value is -1.66. The van der Waals surface area contributed by atoms with E-state index in [-0.39, 0.29) is 11.8 Å². The number of hydrogen-bond donors (Lipinski definition) is 1. The highest BCUT2D eigenvalue weighted by Crippen LogP contribution is 2.42. The highest BCUT2D eigenvalue weighted by atomic mass is 32.2. The summed E-state index contributed by atoms with van der Waals surface area (Å²) < 4.78 is 0.407. The average molecular weight is 346 g/mol. The minimum atomic E-state index is -0.272. The van der Waals surface area contributed by atoms with E-state index in [4.69, 9.17) is 12.2 Å². The van der Waals surface area contributed by atoms with Crippen LogP contribution in [0.2, 0.25) is 0 Å². The summed E-state index contributed by atoms with van der Waals surface area (Å²) in [4.78, 5) is 27.2. The van der Waals surface area contributed by atoms with Crippen molar-refractivity contribution < 1.29 is 9.59 Å². The van der Waals surface area contributed by atoms with Crippen molar-refractivity contribution in [3.05, 3.63) is 34.7 Å². The molecule has 0 unspecified atom stereocenters. The summed E-state index contributed by atoms with van der Waals surface area (Å²) in [6.07, 6.45) is 4.40. The number of thioether (sulfide) groups is 1. The van der Waals surface area contributed by atoms with E-state index < -0.39 is 0 Å². The van der Waals surface area contributed by atoms with E-state index in [1.165, 1.54) is 18.2 Å². The number of amides is 2. The maximum Gasteiger partial charge on any atom is 0.264 e. The van der Waals surface area contributed by atoms with Gasteiger partial charge in [0.15, 0.2) is 0 Å². The zero-order valence-corrected chi connectivity index (χ0v) is 14.6. The summed E-state index contributed by atoms with van der Waals surface area (Å²) in [7, 11) is 0. The minimum Gasteiger partial charge on any atom is -0.308 e. The zero-order chi connectivity index (χ0) is 16.4. The Morgan fingerprint density at radius 2 is 1.96 bits per heavy atom. The van der Waals surface area contributed by atoms with E-state index >= 15 is 0 Å². The van der Waals surface area contributed by atoms with Gasteiger partial charge in [-0.05, 0) is 12.5 Å². The summed E-state index contributed by atoms with van der Waals surface area (Å²) in [5.74, 6) is -0.365. The van der Waals surface area contributed by atoms with Gasteiger partial charge in [0.1, 0.15) is 4.32 Å². The lowest BCUT2D eigenvalue weighted by Gasteiger charge is -2.16. The molecule has 1 aromatic carbocycles. The quantitative estimate of drug-likeness (QED) is 0.504. The lowest BCUT2D eigenvalue weighted by atomic mass is 10.1. The summed E-state index contributed by atoms with van der Waals surface area (Å²) in [5.41, 5.74) is 2.21. The molecule has 4 nitrogen and oxygen atoms in total. The van der Waals surface area contributed by atoms with E-state index in [2.05, 4.69) is 12.2 Å². The van der Waals surface area contributed by atoms with Gasteiger partial charge >= 0.3 is 0 Å². The second-order valence-corrected chi connectivity index (χ2v) is 7.27. The molecule has 6 heteroatoms. The van der Waals surface area contributed by atoms with Crippen LogP contribution in [0.1, 0.15) is 38.2 Å². The largest absolute Gasteiger partial charge is 0.308 e. The summed E-state index contributed by atoms with van der Waals surface area (Å²) in [6.45, 7) is 2.85. The number of unbranched alkanes of at least 4 members (excludes halogenated alkanes) is 3. The van der Waals surface area contributed by atoms with Crippen LogP contribution in [0, 0.1) is 0 Å². The van der Waals surface area contributed by atoms with Crippen molar-refractivity contribution in [1.82, 2.24) is 5.32 Å². The molecule has 2 heterocycles. The number of rotatable bonds is 5. The van der Waals surface area contributed by atoms with Crippen LogP contribution >= 0.6 is 24.0 Å². The molecule has 0 aliphatic carbocycles. The Kier molecular flexibility index (Phi) is 4.82. The summed E-state index contributed by atoms with van der Waals surface area (Å²) in [5, 5.41) is 2.60. The first-order chi connectivity index (χ1) is 11.1. The molecule has 0 atom stereocenters. The Balaban J connectivity index is 1.94. The number of anilines is 1. The topological polar surface area (TPSA) is 49.4 Å². The van der Waals surface area contributed by atoms with Crippen LogP contribution in [0.3, 0.4) is 0 Å². The predicted octanol–water partition coefficient (Wildman–Crippen LogP) is 3.47. The van der Waals surface area contributed by atoms with Crippen molar-refractivity contribution >= 4 is 51.4 Å². The second-order valence-electron chi connectivity index (χ2n) is 5.58. The van der Waals surface area contributed by atoms with E-state index in [9.17, 15) is 9.59 Å². The number of thiocarbonyl (C=S) groups is 1. The third-order valence-electron chi connectivity index (χ3n) is 4.00. The van der Waals surface area contributed by atoms with E-state index in [0.717, 1.165) is 30.5 Å². The van der Waals surface area contributed by atoms with Crippen molar-refractivity contribution in [2.75, 3.05) is 11.4 Å². The van der Waals surface area contributed by atoms with Gasteiger partial charge in [-0.2, -0.15) is 0 Å². The van der Waals surface area contributed by atoms with E-state index in [1.807, 2.05) is 24.3 Å². The molecule has 1 saturated heterocycles. The maximum atomic E-state index is 12.9. The standard InChI is InChI=1S/C17H18N2O2S2/c1-2-3-4-7-10-19-12-9-6-5-8-11(12)13(16(19)21)14-15(20)18-17(22)23-14/h5-6,8-9H,2-4,7,10H2,1H3,(H,18,20,22). The molecular weight excluding hydrogens is 328 g/mol. The molecule has 1 N–H and O–H groups in total. The normalized spacial score (nSPS) is 20.2. The van der Waals surface area contributed by atoms with Crippen molar-refractivity contribution in [2.24, 2.45) is 0 Å². The monoisotopic (exact) mass is 346 g/mol. The third kappa shape index (κ3) is 3.05. The van der Waals surface area contributed by atoms with Crippen LogP contribution in [-0.4, -0.2) is 22.7 Å². The number of fused-ring (bicyclic) bond motifs is 1. The van der Waals surface area contributed by atoms with Crippen molar-refractivity contribution in [2.45, 2.75) is 32.6 Å². The Labute approximate surface area is 145 Å². The van der Waals surface area contributed by atoms with Gasteiger partial charge in [0.25, 0.3) is 11.8 Å². The van der Waals surface area contributed by atoms with Crippen LogP contribution in [0.4, 0.5) is 5.69 Å². The number of carbonyl (C=O) groups is 2. The molecule has 0 aromatic heterocycles. The molecular formula is C17H18N2O2S2. The first-order valence-corrected chi connectivity index (χ1v) is 9.04. The van der Waals surface area contributed by atoms with Gasteiger partial charge in [-0.15, -0.1) is 0 Å². The number of carbonyl (C=O) groups excluding carboxylic acids is 2. The molecule has 2 aliphatic rings. The van der Waals surface area contributed by atoms with Crippen LogP contribution in [0.15, 0.2) is 29.2 Å². The lowest BCUT2D eigenvalue weighted by molar-refractivity contribution is -0.116. The molecule has 2 amide bonds. The fraction of sp³-hybridized carbons (Fsp3) is 0.353. The highest BCUT2D eigenvalue weighted by molar-refractivity contribution is 8.27. The smallest absolute Gasteiger partial charge is 0.264 e. The maximum absolute atomic E-state index is 12.9. The number of benzene rings is 1. The van der Waals surface area contributed by atoms with Crippen LogP contribution < -0.4 is 10.2 Å². The lowest BCUT2D eigenvalue weighted by Crippen LogP contribution is -2.28. The van der Waals surface area contributed by atoms with Gasteiger partial charge in [0, 0.05) is 12.1 Å². The van der Waals surface area contributed by atoms with Crippen molar-refractivity contribution in [3.8, 4) is 0 Å². The fourth-order valence-electron chi connectivity index (χ4n) is 2.90. The van der Waals surface area contributed by atoms with E-state index in [0.29, 0.717) is 21.3 Å². The molecule has 3 rings (SSSR count). The van der Waals surface area contributed by atoms with Gasteiger partial charge in [0.05, 0.1) is 16.2 Å². The number of nitrogens with zero attached hydrogens (tertiary/aromatic N) is 1. The van der Waals surface area contributed by atoms with Gasteiger partial charge in [-0.1, -0.05) is 68.4 Å². The molecule has 0 saturated carbocycles. The zero-order valence-electron chi connectivity index (χ0n) is 12.9.